The fraction of sp³-hybridized carbons (Fsp3) is 1.00. The Labute approximate surface area is 67.7 Å². The third-order valence-electron chi connectivity index (χ3n) is 1.63. The van der Waals surface area contributed by atoms with E-state index in [0.717, 1.165) is 0 Å². The van der Waals surface area contributed by atoms with Gasteiger partial charge in [-0.05, 0) is 0 Å². The SMILES string of the molecule is S[C]1([Mo])CCCCC1. The van der Waals surface area contributed by atoms with Crippen LogP contribution in [0.3, 0.4) is 0 Å². The van der Waals surface area contributed by atoms with Crippen LogP contribution >= 0.6 is 12.6 Å². The molecule has 2 heteroatoms. The number of hydrogen-bond donors (Lipinski definition) is 1. The summed E-state index contributed by atoms with van der Waals surface area (Å²) in [4.78, 5) is 0. The van der Waals surface area contributed by atoms with Gasteiger partial charge in [0.15, 0.2) is 0 Å². The molecule has 0 radical (unpaired) electrons. The van der Waals surface area contributed by atoms with Gasteiger partial charge < -0.3 is 0 Å². The van der Waals surface area contributed by atoms with Crippen molar-refractivity contribution in [3.8, 4) is 0 Å². The molecule has 0 nitrogen and oxygen atoms in total. The normalized spacial score (nSPS) is 27.6. The van der Waals surface area contributed by atoms with Crippen LogP contribution in [0, 0.1) is 0 Å². The zero-order chi connectivity index (χ0) is 6.04. The van der Waals surface area contributed by atoms with Crippen LogP contribution in [0.15, 0.2) is 0 Å². The summed E-state index contributed by atoms with van der Waals surface area (Å²) >= 11 is 6.70. The Morgan fingerprint density at radius 1 is 1.12 bits per heavy atom. The van der Waals surface area contributed by atoms with Gasteiger partial charge >= 0.3 is 67.7 Å². The molecule has 1 fully saturated rings. The molecule has 1 rings (SSSR count). The van der Waals surface area contributed by atoms with Crippen LogP contribution in [0.5, 0.6) is 0 Å². The van der Waals surface area contributed by atoms with Crippen molar-refractivity contribution >= 4 is 12.6 Å². The van der Waals surface area contributed by atoms with E-state index in [1.165, 1.54) is 32.1 Å². The Kier molecular flexibility index (Phi) is 2.46. The van der Waals surface area contributed by atoms with Crippen LogP contribution < -0.4 is 0 Å². The Bertz CT molecular complexity index is 72.6. The summed E-state index contributed by atoms with van der Waals surface area (Å²) in [6.07, 6.45) is 6.85. The molecule has 1 aliphatic rings. The quantitative estimate of drug-likeness (QED) is 0.460. The maximum absolute atomic E-state index is 4.52. The molecule has 1 aliphatic carbocycles. The van der Waals surface area contributed by atoms with Crippen molar-refractivity contribution in [2.45, 2.75) is 35.2 Å². The molecule has 1 saturated carbocycles. The fourth-order valence-corrected chi connectivity index (χ4v) is 2.13. The zero-order valence-electron chi connectivity index (χ0n) is 4.89. The Hall–Kier alpha value is 1.04. The third kappa shape index (κ3) is 2.11. The first kappa shape index (κ1) is 7.15. The van der Waals surface area contributed by atoms with E-state index in [9.17, 15) is 0 Å². The first-order valence-electron chi connectivity index (χ1n) is 3.13. The summed E-state index contributed by atoms with van der Waals surface area (Å²) in [7, 11) is 0. The van der Waals surface area contributed by atoms with E-state index < -0.39 is 0 Å². The van der Waals surface area contributed by atoms with Gasteiger partial charge in [0, 0.05) is 0 Å². The van der Waals surface area contributed by atoms with E-state index in [-0.39, 0.29) is 0 Å². The Balaban J connectivity index is 2.33. The molecule has 0 atom stereocenters. The van der Waals surface area contributed by atoms with E-state index in [1.807, 2.05) is 0 Å². The van der Waals surface area contributed by atoms with Crippen molar-refractivity contribution in [1.29, 1.82) is 0 Å². The number of hydrogen-bond acceptors (Lipinski definition) is 1. The van der Waals surface area contributed by atoms with Crippen LogP contribution in [0.2, 0.25) is 0 Å². The van der Waals surface area contributed by atoms with Gasteiger partial charge in [0.1, 0.15) is 0 Å². The molecule has 0 aliphatic heterocycles. The van der Waals surface area contributed by atoms with E-state index in [1.54, 1.807) is 0 Å². The fourth-order valence-electron chi connectivity index (χ4n) is 1.10. The van der Waals surface area contributed by atoms with E-state index in [0.29, 0.717) is 3.14 Å². The Morgan fingerprint density at radius 3 is 1.88 bits per heavy atom. The monoisotopic (exact) mass is 213 g/mol. The van der Waals surface area contributed by atoms with E-state index in [2.05, 4.69) is 32.4 Å². The van der Waals surface area contributed by atoms with E-state index in [4.69, 9.17) is 0 Å². The molecular formula is C6H11MoS. The second kappa shape index (κ2) is 2.75. The minimum atomic E-state index is 0.383. The summed E-state index contributed by atoms with van der Waals surface area (Å²) < 4.78 is 0.383. The Morgan fingerprint density at radius 2 is 1.62 bits per heavy atom. The van der Waals surface area contributed by atoms with Crippen LogP contribution in [0.1, 0.15) is 32.1 Å². The number of rotatable bonds is 0. The molecule has 0 bridgehead atoms. The molecule has 0 unspecified atom stereocenters. The first-order valence-corrected chi connectivity index (χ1v) is 4.59. The third-order valence-corrected chi connectivity index (χ3v) is 3.09. The number of thiol groups is 1. The molecule has 0 N–H and O–H groups in total. The molecule has 0 aromatic rings. The van der Waals surface area contributed by atoms with Gasteiger partial charge in [-0.1, -0.05) is 0 Å². The second-order valence-corrected chi connectivity index (χ2v) is 6.09. The molecule has 8 heavy (non-hydrogen) atoms. The standard InChI is InChI=1S/C6H11S.Mo/c7-6-4-2-1-3-5-6;/h7H,1-5H2;. The van der Waals surface area contributed by atoms with Gasteiger partial charge in [0.25, 0.3) is 0 Å². The van der Waals surface area contributed by atoms with Gasteiger partial charge in [-0.3, -0.25) is 0 Å². The van der Waals surface area contributed by atoms with Gasteiger partial charge in [0.2, 0.25) is 0 Å². The van der Waals surface area contributed by atoms with Gasteiger partial charge in [-0.2, -0.15) is 0 Å². The van der Waals surface area contributed by atoms with Crippen molar-refractivity contribution < 1.29 is 19.8 Å². The topological polar surface area (TPSA) is 0 Å². The van der Waals surface area contributed by atoms with Crippen molar-refractivity contribution in [3.63, 3.8) is 0 Å². The van der Waals surface area contributed by atoms with Crippen molar-refractivity contribution in [1.82, 2.24) is 0 Å². The average molecular weight is 211 g/mol. The molecular weight excluding hydrogens is 200 g/mol. The molecule has 0 spiro atoms. The predicted molar refractivity (Wildman–Crippen MR) is 34.8 cm³/mol. The van der Waals surface area contributed by atoms with Crippen LogP contribution in [-0.4, -0.2) is 3.14 Å². The maximum atomic E-state index is 4.52. The van der Waals surface area contributed by atoms with Crippen molar-refractivity contribution in [3.05, 3.63) is 0 Å². The summed E-state index contributed by atoms with van der Waals surface area (Å²) in [5, 5.41) is 0. The molecule has 47 valence electrons. The molecule has 0 saturated heterocycles. The van der Waals surface area contributed by atoms with Gasteiger partial charge in [0.05, 0.1) is 0 Å². The summed E-state index contributed by atoms with van der Waals surface area (Å²) in [6, 6.07) is 0. The molecule has 0 aromatic carbocycles. The zero-order valence-corrected chi connectivity index (χ0v) is 7.79. The minimum absolute atomic E-state index is 0.383. The summed E-state index contributed by atoms with van der Waals surface area (Å²) in [5.41, 5.74) is 0. The van der Waals surface area contributed by atoms with Crippen molar-refractivity contribution in [2.24, 2.45) is 0 Å². The summed E-state index contributed by atoms with van der Waals surface area (Å²) in [5.74, 6) is 0. The average Bonchev–Trinajstić information content (AvgIpc) is 1.65. The van der Waals surface area contributed by atoms with Crippen LogP contribution in [0.25, 0.3) is 0 Å². The predicted octanol–water partition coefficient (Wildman–Crippen LogP) is 2.12. The van der Waals surface area contributed by atoms with Crippen LogP contribution in [-0.2, 0) is 19.8 Å². The second-order valence-electron chi connectivity index (χ2n) is 2.51. The van der Waals surface area contributed by atoms with E-state index >= 15 is 0 Å². The van der Waals surface area contributed by atoms with Gasteiger partial charge in [-0.25, -0.2) is 0 Å². The van der Waals surface area contributed by atoms with Gasteiger partial charge in [-0.15, -0.1) is 0 Å². The molecule has 0 amide bonds. The first-order chi connectivity index (χ1) is 3.71. The summed E-state index contributed by atoms with van der Waals surface area (Å²) in [6.45, 7) is 0. The van der Waals surface area contributed by atoms with Crippen molar-refractivity contribution in [2.75, 3.05) is 0 Å². The van der Waals surface area contributed by atoms with Crippen LogP contribution in [0.4, 0.5) is 0 Å². The molecule has 0 heterocycles. The molecule has 0 aromatic heterocycles.